The number of aliphatic carboxylic acids is 1. The quantitative estimate of drug-likeness (QED) is 0.485. The van der Waals surface area contributed by atoms with Gasteiger partial charge in [0.2, 0.25) is 0 Å². The minimum Gasteiger partial charge on any atom is -0.480 e. The predicted molar refractivity (Wildman–Crippen MR) is 115 cm³/mol. The van der Waals surface area contributed by atoms with E-state index in [9.17, 15) is 14.7 Å². The van der Waals surface area contributed by atoms with Gasteiger partial charge >= 0.3 is 5.97 Å². The van der Waals surface area contributed by atoms with Crippen molar-refractivity contribution < 1.29 is 14.6 Å². The number of nitrogens with zero attached hydrogens (tertiary/aromatic N) is 2. The summed E-state index contributed by atoms with van der Waals surface area (Å²) in [6.45, 7) is 6.32. The van der Waals surface area contributed by atoms with Gasteiger partial charge in [-0.15, -0.1) is 11.3 Å². The molecule has 1 aliphatic heterocycles. The zero-order valence-corrected chi connectivity index (χ0v) is 18.0. The number of ether oxygens (including phenoxy) is 1. The van der Waals surface area contributed by atoms with E-state index >= 15 is 0 Å². The number of carboxylic acid groups (broad SMARTS) is 1. The van der Waals surface area contributed by atoms with E-state index in [0.717, 1.165) is 22.2 Å². The molecule has 8 heteroatoms. The van der Waals surface area contributed by atoms with Gasteiger partial charge in [0, 0.05) is 11.3 Å². The number of fused-ring (bicyclic) bond motifs is 3. The minimum absolute atomic E-state index is 0.0750. The van der Waals surface area contributed by atoms with Gasteiger partial charge in [0.05, 0.1) is 23.8 Å². The maximum atomic E-state index is 13.6. The Morgan fingerprint density at radius 3 is 2.69 bits per heavy atom. The molecule has 0 radical (unpaired) electrons. The van der Waals surface area contributed by atoms with Gasteiger partial charge in [-0.05, 0) is 30.5 Å². The van der Waals surface area contributed by atoms with Crippen molar-refractivity contribution in [2.75, 3.05) is 0 Å². The fourth-order valence-electron chi connectivity index (χ4n) is 3.43. The topological polar surface area (TPSA) is 81.4 Å². The van der Waals surface area contributed by atoms with Crippen molar-refractivity contribution in [3.63, 3.8) is 0 Å². The molecule has 0 bridgehead atoms. The van der Waals surface area contributed by atoms with Gasteiger partial charge in [-0.3, -0.25) is 14.2 Å². The first-order chi connectivity index (χ1) is 13.9. The van der Waals surface area contributed by atoms with Crippen molar-refractivity contribution in [1.82, 2.24) is 9.55 Å². The third-order valence-electron chi connectivity index (χ3n) is 5.10. The number of rotatable bonds is 5. The fourth-order valence-corrected chi connectivity index (χ4v) is 5.45. The molecule has 0 saturated heterocycles. The third kappa shape index (κ3) is 3.72. The number of thiophene rings is 1. The van der Waals surface area contributed by atoms with Crippen molar-refractivity contribution in [1.29, 1.82) is 0 Å². The largest absolute Gasteiger partial charge is 0.480 e. The second-order valence-corrected chi connectivity index (χ2v) is 9.84. The smallest absolute Gasteiger partial charge is 0.316 e. The molecular formula is C21H22N2O4S2. The highest BCUT2D eigenvalue weighted by Gasteiger charge is 2.29. The second kappa shape index (κ2) is 7.93. The Bertz CT molecular complexity index is 1120. The zero-order valence-electron chi connectivity index (χ0n) is 16.4. The van der Waals surface area contributed by atoms with Gasteiger partial charge in [-0.1, -0.05) is 43.8 Å². The SMILES string of the molecule is CC(C)[C@H]1Cc2c(sc3nc(S[C@@H](C)C(=O)O)n(-c4ccccc4)c(=O)c23)CO1. The van der Waals surface area contributed by atoms with E-state index in [0.29, 0.717) is 40.0 Å². The number of aromatic nitrogens is 2. The van der Waals surface area contributed by atoms with Crippen molar-refractivity contribution in [3.05, 3.63) is 51.1 Å². The average Bonchev–Trinajstić information content (AvgIpc) is 3.06. The van der Waals surface area contributed by atoms with E-state index in [1.165, 1.54) is 11.3 Å². The summed E-state index contributed by atoms with van der Waals surface area (Å²) in [6.07, 6.45) is 0.766. The molecule has 1 aliphatic rings. The van der Waals surface area contributed by atoms with E-state index in [4.69, 9.17) is 9.72 Å². The number of carboxylic acids is 1. The summed E-state index contributed by atoms with van der Waals surface area (Å²) in [5, 5.41) is 9.65. The highest BCUT2D eigenvalue weighted by molar-refractivity contribution is 8.00. The third-order valence-corrected chi connectivity index (χ3v) is 7.24. The van der Waals surface area contributed by atoms with Crippen LogP contribution >= 0.6 is 23.1 Å². The fraction of sp³-hybridized carbons (Fsp3) is 0.381. The molecule has 0 amide bonds. The number of carbonyl (C=O) groups is 1. The molecule has 1 aromatic carbocycles. The zero-order chi connectivity index (χ0) is 20.7. The van der Waals surface area contributed by atoms with E-state index in [-0.39, 0.29) is 11.7 Å². The molecule has 0 saturated carbocycles. The average molecular weight is 431 g/mol. The van der Waals surface area contributed by atoms with Gasteiger partial charge in [-0.2, -0.15) is 0 Å². The molecule has 0 fully saturated rings. The Hall–Kier alpha value is -2.16. The van der Waals surface area contributed by atoms with Gasteiger partial charge < -0.3 is 9.84 Å². The summed E-state index contributed by atoms with van der Waals surface area (Å²) >= 11 is 2.55. The van der Waals surface area contributed by atoms with E-state index in [1.807, 2.05) is 30.3 Å². The van der Waals surface area contributed by atoms with Crippen LogP contribution < -0.4 is 5.56 Å². The van der Waals surface area contributed by atoms with Crippen LogP contribution in [0.2, 0.25) is 0 Å². The van der Waals surface area contributed by atoms with Crippen molar-refractivity contribution >= 4 is 39.3 Å². The molecule has 6 nitrogen and oxygen atoms in total. The van der Waals surface area contributed by atoms with Gasteiger partial charge in [0.15, 0.2) is 5.16 Å². The lowest BCUT2D eigenvalue weighted by molar-refractivity contribution is -0.136. The second-order valence-electron chi connectivity index (χ2n) is 7.45. The van der Waals surface area contributed by atoms with Gasteiger partial charge in [-0.25, -0.2) is 4.98 Å². The molecule has 0 unspecified atom stereocenters. The van der Waals surface area contributed by atoms with Crippen molar-refractivity contribution in [2.24, 2.45) is 5.92 Å². The molecule has 2 atom stereocenters. The summed E-state index contributed by atoms with van der Waals surface area (Å²) in [7, 11) is 0. The monoisotopic (exact) mass is 430 g/mol. The van der Waals surface area contributed by atoms with Crippen LogP contribution in [0.5, 0.6) is 0 Å². The maximum absolute atomic E-state index is 13.6. The minimum atomic E-state index is -0.942. The van der Waals surface area contributed by atoms with E-state index in [1.54, 1.807) is 11.5 Å². The molecule has 1 N–H and O–H groups in total. The van der Waals surface area contributed by atoms with Gasteiger partial charge in [0.1, 0.15) is 10.1 Å². The molecule has 3 aromatic rings. The Morgan fingerprint density at radius 2 is 2.03 bits per heavy atom. The lowest BCUT2D eigenvalue weighted by atomic mass is 9.96. The summed E-state index contributed by atoms with van der Waals surface area (Å²) < 4.78 is 7.51. The number of hydrogen-bond acceptors (Lipinski definition) is 6. The number of thioether (sulfide) groups is 1. The molecule has 3 heterocycles. The van der Waals surface area contributed by atoms with E-state index in [2.05, 4.69) is 13.8 Å². The van der Waals surface area contributed by atoms with Crippen LogP contribution in [0.4, 0.5) is 0 Å². The highest BCUT2D eigenvalue weighted by Crippen LogP contribution is 2.36. The molecule has 29 heavy (non-hydrogen) atoms. The first kappa shape index (κ1) is 20.1. The lowest BCUT2D eigenvalue weighted by Gasteiger charge is -2.26. The van der Waals surface area contributed by atoms with Crippen LogP contribution in [0, 0.1) is 5.92 Å². The normalized spacial score (nSPS) is 17.4. The molecule has 0 aliphatic carbocycles. The van der Waals surface area contributed by atoms with E-state index < -0.39 is 11.2 Å². The first-order valence-corrected chi connectivity index (χ1v) is 11.2. The Balaban J connectivity index is 1.94. The van der Waals surface area contributed by atoms with Crippen LogP contribution in [0.1, 0.15) is 31.2 Å². The summed E-state index contributed by atoms with van der Waals surface area (Å²) in [4.78, 5) is 31.5. The number of benzene rings is 1. The molecular weight excluding hydrogens is 408 g/mol. The predicted octanol–water partition coefficient (Wildman–Crippen LogP) is 4.11. The summed E-state index contributed by atoms with van der Waals surface area (Å²) in [6, 6.07) is 9.26. The van der Waals surface area contributed by atoms with Crippen LogP contribution in [-0.2, 0) is 22.6 Å². The highest BCUT2D eigenvalue weighted by atomic mass is 32.2. The van der Waals surface area contributed by atoms with Crippen molar-refractivity contribution in [2.45, 2.75) is 50.3 Å². The molecule has 2 aromatic heterocycles. The standard InChI is InChI=1S/C21H22N2O4S2/c1-11(2)15-9-14-16(10-27-15)29-18-17(14)19(24)23(13-7-5-4-6-8-13)21(22-18)28-12(3)20(25)26/h4-8,11-12,15H,9-10H2,1-3H3,(H,25,26)/t12-,15+/m0/s1. The number of hydrogen-bond donors (Lipinski definition) is 1. The Morgan fingerprint density at radius 1 is 1.31 bits per heavy atom. The van der Waals surface area contributed by atoms with Gasteiger partial charge in [0.25, 0.3) is 5.56 Å². The van der Waals surface area contributed by atoms with Crippen LogP contribution in [0.3, 0.4) is 0 Å². The Labute approximate surface area is 176 Å². The first-order valence-electron chi connectivity index (χ1n) is 9.50. The summed E-state index contributed by atoms with van der Waals surface area (Å²) in [5.41, 5.74) is 1.56. The van der Waals surface area contributed by atoms with Crippen LogP contribution in [0.15, 0.2) is 40.3 Å². The maximum Gasteiger partial charge on any atom is 0.316 e. The van der Waals surface area contributed by atoms with Crippen LogP contribution in [-0.4, -0.2) is 32.0 Å². The molecule has 152 valence electrons. The lowest BCUT2D eigenvalue weighted by Crippen LogP contribution is -2.28. The number of para-hydroxylation sites is 1. The van der Waals surface area contributed by atoms with Crippen LogP contribution in [0.25, 0.3) is 15.9 Å². The summed E-state index contributed by atoms with van der Waals surface area (Å²) in [5.74, 6) is -0.587. The Kier molecular flexibility index (Phi) is 5.50. The van der Waals surface area contributed by atoms with Crippen molar-refractivity contribution in [3.8, 4) is 5.69 Å². The molecule has 0 spiro atoms. The molecule has 4 rings (SSSR count).